The molecule has 0 unspecified atom stereocenters. The number of amides is 1. The van der Waals surface area contributed by atoms with Gasteiger partial charge in [0.1, 0.15) is 11.6 Å². The van der Waals surface area contributed by atoms with E-state index in [9.17, 15) is 4.79 Å². The lowest BCUT2D eigenvalue weighted by Crippen LogP contribution is -2.15. The molecule has 0 aliphatic rings. The fourth-order valence-electron chi connectivity index (χ4n) is 3.06. The van der Waals surface area contributed by atoms with Crippen LogP contribution in [-0.4, -0.2) is 27.3 Å². The SMILES string of the molecule is CCCCOc1ccc(C(=O)Nc2cc(C)nn2-c2nc(-c3ccccc3)cs2)cc1. The number of rotatable bonds is 8. The molecule has 158 valence electrons. The van der Waals surface area contributed by atoms with Gasteiger partial charge in [-0.3, -0.25) is 4.79 Å². The third kappa shape index (κ3) is 5.00. The molecular formula is C24H24N4O2S. The molecule has 2 heterocycles. The summed E-state index contributed by atoms with van der Waals surface area (Å²) in [6.07, 6.45) is 2.09. The fourth-order valence-corrected chi connectivity index (χ4v) is 3.86. The first-order chi connectivity index (χ1) is 15.1. The van der Waals surface area contributed by atoms with Crippen LogP contribution in [0.1, 0.15) is 35.8 Å². The lowest BCUT2D eigenvalue weighted by molar-refractivity contribution is 0.102. The Bertz CT molecular complexity index is 1150. The largest absolute Gasteiger partial charge is 0.494 e. The van der Waals surface area contributed by atoms with E-state index in [1.807, 2.05) is 60.8 Å². The first kappa shape index (κ1) is 20.8. The van der Waals surface area contributed by atoms with E-state index >= 15 is 0 Å². The lowest BCUT2D eigenvalue weighted by atomic mass is 10.2. The number of carbonyl (C=O) groups is 1. The average Bonchev–Trinajstić information content (AvgIpc) is 3.42. The number of hydrogen-bond donors (Lipinski definition) is 1. The predicted octanol–water partition coefficient (Wildman–Crippen LogP) is 5.74. The van der Waals surface area contributed by atoms with E-state index in [1.54, 1.807) is 16.8 Å². The summed E-state index contributed by atoms with van der Waals surface area (Å²) in [6.45, 7) is 4.69. The number of nitrogens with one attached hydrogen (secondary N) is 1. The zero-order chi connectivity index (χ0) is 21.6. The molecule has 0 atom stereocenters. The Kier molecular flexibility index (Phi) is 6.43. The Morgan fingerprint density at radius 2 is 1.90 bits per heavy atom. The highest BCUT2D eigenvalue weighted by atomic mass is 32.1. The molecule has 0 bridgehead atoms. The highest BCUT2D eigenvalue weighted by Gasteiger charge is 2.15. The number of ether oxygens (including phenoxy) is 1. The van der Waals surface area contributed by atoms with Crippen LogP contribution < -0.4 is 10.1 Å². The second-order valence-electron chi connectivity index (χ2n) is 7.14. The van der Waals surface area contributed by atoms with E-state index in [4.69, 9.17) is 9.72 Å². The van der Waals surface area contributed by atoms with Gasteiger partial charge in [-0.25, -0.2) is 4.98 Å². The summed E-state index contributed by atoms with van der Waals surface area (Å²) in [6, 6.07) is 19.0. The third-order valence-electron chi connectivity index (χ3n) is 4.70. The molecule has 1 amide bonds. The molecule has 6 nitrogen and oxygen atoms in total. The highest BCUT2D eigenvalue weighted by molar-refractivity contribution is 7.12. The zero-order valence-electron chi connectivity index (χ0n) is 17.5. The van der Waals surface area contributed by atoms with Crippen LogP contribution in [0.3, 0.4) is 0 Å². The second kappa shape index (κ2) is 9.57. The fraction of sp³-hybridized carbons (Fsp3) is 0.208. The Morgan fingerprint density at radius 1 is 1.13 bits per heavy atom. The van der Waals surface area contributed by atoms with Crippen LogP contribution in [0.2, 0.25) is 0 Å². The van der Waals surface area contributed by atoms with Crippen LogP contribution in [-0.2, 0) is 0 Å². The molecule has 0 aliphatic carbocycles. The maximum Gasteiger partial charge on any atom is 0.256 e. The summed E-state index contributed by atoms with van der Waals surface area (Å²) in [4.78, 5) is 17.5. The molecule has 0 saturated carbocycles. The van der Waals surface area contributed by atoms with Gasteiger partial charge in [0.15, 0.2) is 0 Å². The number of hydrogen-bond acceptors (Lipinski definition) is 5. The molecule has 7 heteroatoms. The van der Waals surface area contributed by atoms with Crippen LogP contribution in [0.25, 0.3) is 16.4 Å². The molecule has 0 radical (unpaired) electrons. The number of thiazole rings is 1. The molecule has 0 aliphatic heterocycles. The predicted molar refractivity (Wildman–Crippen MR) is 124 cm³/mol. The van der Waals surface area contributed by atoms with E-state index < -0.39 is 0 Å². The van der Waals surface area contributed by atoms with E-state index in [0.29, 0.717) is 23.1 Å². The molecule has 4 rings (SSSR count). The number of unbranched alkanes of at least 4 members (excludes halogenated alkanes) is 1. The van der Waals surface area contributed by atoms with Gasteiger partial charge in [0.25, 0.3) is 5.91 Å². The van der Waals surface area contributed by atoms with Crippen molar-refractivity contribution in [2.45, 2.75) is 26.7 Å². The topological polar surface area (TPSA) is 69.0 Å². The van der Waals surface area contributed by atoms with Crippen LogP contribution in [0.4, 0.5) is 5.82 Å². The molecule has 1 N–H and O–H groups in total. The molecule has 0 saturated heterocycles. The van der Waals surface area contributed by atoms with Gasteiger partial charge in [-0.2, -0.15) is 9.78 Å². The molecule has 0 fully saturated rings. The number of aryl methyl sites for hydroxylation is 1. The molecular weight excluding hydrogens is 408 g/mol. The van der Waals surface area contributed by atoms with Crippen LogP contribution in [0.15, 0.2) is 66.0 Å². The Balaban J connectivity index is 1.50. The minimum Gasteiger partial charge on any atom is -0.494 e. The number of anilines is 1. The summed E-state index contributed by atoms with van der Waals surface area (Å²) >= 11 is 1.48. The van der Waals surface area contributed by atoms with Crippen molar-refractivity contribution in [2.75, 3.05) is 11.9 Å². The normalized spacial score (nSPS) is 10.8. The van der Waals surface area contributed by atoms with Crippen LogP contribution in [0.5, 0.6) is 5.75 Å². The van der Waals surface area contributed by atoms with Crippen molar-refractivity contribution < 1.29 is 9.53 Å². The van der Waals surface area contributed by atoms with Crippen molar-refractivity contribution in [3.8, 4) is 22.1 Å². The molecule has 2 aromatic heterocycles. The van der Waals surface area contributed by atoms with E-state index in [1.165, 1.54) is 11.3 Å². The minimum atomic E-state index is -0.207. The molecule has 2 aromatic carbocycles. The van der Waals surface area contributed by atoms with Crippen molar-refractivity contribution in [1.29, 1.82) is 0 Å². The molecule has 31 heavy (non-hydrogen) atoms. The van der Waals surface area contributed by atoms with Crippen molar-refractivity contribution in [3.05, 3.63) is 77.3 Å². The molecule has 0 spiro atoms. The summed E-state index contributed by atoms with van der Waals surface area (Å²) in [5, 5.41) is 10.2. The number of aromatic nitrogens is 3. The lowest BCUT2D eigenvalue weighted by Gasteiger charge is -2.08. The summed E-state index contributed by atoms with van der Waals surface area (Å²) in [7, 11) is 0. The first-order valence-electron chi connectivity index (χ1n) is 10.3. The van der Waals surface area contributed by atoms with Crippen molar-refractivity contribution in [3.63, 3.8) is 0 Å². The van der Waals surface area contributed by atoms with E-state index in [0.717, 1.165) is 35.5 Å². The quantitative estimate of drug-likeness (QED) is 0.361. The van der Waals surface area contributed by atoms with Gasteiger partial charge in [0.2, 0.25) is 5.13 Å². The van der Waals surface area contributed by atoms with Gasteiger partial charge in [-0.15, -0.1) is 11.3 Å². The third-order valence-corrected chi connectivity index (χ3v) is 5.52. The average molecular weight is 433 g/mol. The van der Waals surface area contributed by atoms with Gasteiger partial charge in [0, 0.05) is 22.6 Å². The van der Waals surface area contributed by atoms with Crippen molar-refractivity contribution >= 4 is 23.1 Å². The standard InChI is InChI=1S/C24H24N4O2S/c1-3-4-14-30-20-12-10-19(11-13-20)23(29)26-22-15-17(2)27-28(22)24-25-21(16-31-24)18-8-6-5-7-9-18/h5-13,15-16H,3-4,14H2,1-2H3,(H,26,29). The number of benzene rings is 2. The Morgan fingerprint density at radius 3 is 2.65 bits per heavy atom. The van der Waals surface area contributed by atoms with Crippen molar-refractivity contribution in [2.24, 2.45) is 0 Å². The van der Waals surface area contributed by atoms with Gasteiger partial charge >= 0.3 is 0 Å². The number of nitrogens with zero attached hydrogens (tertiary/aromatic N) is 3. The summed E-state index contributed by atoms with van der Waals surface area (Å²) in [5.74, 6) is 1.14. The maximum absolute atomic E-state index is 12.8. The maximum atomic E-state index is 12.8. The first-order valence-corrected chi connectivity index (χ1v) is 11.1. The Labute approximate surface area is 185 Å². The summed E-state index contributed by atoms with van der Waals surface area (Å²) < 4.78 is 7.34. The Hall–Kier alpha value is -3.45. The van der Waals surface area contributed by atoms with Gasteiger partial charge < -0.3 is 10.1 Å². The van der Waals surface area contributed by atoms with Crippen LogP contribution in [0, 0.1) is 6.92 Å². The second-order valence-corrected chi connectivity index (χ2v) is 7.98. The highest BCUT2D eigenvalue weighted by Crippen LogP contribution is 2.26. The molecule has 4 aromatic rings. The number of carbonyl (C=O) groups excluding carboxylic acids is 1. The zero-order valence-corrected chi connectivity index (χ0v) is 18.4. The van der Waals surface area contributed by atoms with Crippen molar-refractivity contribution in [1.82, 2.24) is 14.8 Å². The summed E-state index contributed by atoms with van der Waals surface area (Å²) in [5.41, 5.74) is 3.27. The van der Waals surface area contributed by atoms with E-state index in [-0.39, 0.29) is 5.91 Å². The van der Waals surface area contributed by atoms with Crippen LogP contribution >= 0.6 is 11.3 Å². The minimum absolute atomic E-state index is 0.207. The van der Waals surface area contributed by atoms with Gasteiger partial charge in [-0.1, -0.05) is 43.7 Å². The smallest absolute Gasteiger partial charge is 0.256 e. The van der Waals surface area contributed by atoms with Gasteiger partial charge in [0.05, 0.1) is 18.0 Å². The monoisotopic (exact) mass is 432 g/mol. The van der Waals surface area contributed by atoms with Gasteiger partial charge in [-0.05, 0) is 37.6 Å². The van der Waals surface area contributed by atoms with E-state index in [2.05, 4.69) is 17.3 Å².